The summed E-state index contributed by atoms with van der Waals surface area (Å²) in [4.78, 5) is 48.5. The number of nitrogens with one attached hydrogen (secondary N) is 1. The number of amides is 2. The van der Waals surface area contributed by atoms with E-state index in [1.807, 2.05) is 54.4 Å². The van der Waals surface area contributed by atoms with Crippen molar-refractivity contribution in [2.45, 2.75) is 24.2 Å². The van der Waals surface area contributed by atoms with Crippen LogP contribution in [0.25, 0.3) is 0 Å². The Hall–Kier alpha value is -3.64. The van der Waals surface area contributed by atoms with Gasteiger partial charge in [0, 0.05) is 13.2 Å². The summed E-state index contributed by atoms with van der Waals surface area (Å²) in [6.45, 7) is 1.27. The van der Waals surface area contributed by atoms with E-state index >= 15 is 0 Å². The number of likely N-dealkylation sites (N-methyl/N-ethyl adjacent to an activating group) is 1. The van der Waals surface area contributed by atoms with Gasteiger partial charge in [0.15, 0.2) is 6.10 Å². The molecular formula is C22H25N3O8S. The lowest BCUT2D eigenvalue weighted by Crippen LogP contribution is -2.25. The van der Waals surface area contributed by atoms with Crippen molar-refractivity contribution in [2.75, 3.05) is 25.1 Å². The molecule has 4 N–H and O–H groups in total. The number of rotatable bonds is 10. The number of hydrogen-bond donors (Lipinski definition) is 4. The van der Waals surface area contributed by atoms with Gasteiger partial charge in [-0.1, -0.05) is 30.0 Å². The normalized spacial score (nSPS) is 15.5. The molecule has 1 saturated heterocycles. The monoisotopic (exact) mass is 491 g/mol. The summed E-state index contributed by atoms with van der Waals surface area (Å²) in [6.07, 6.45) is -0.246. The number of carboxylic acid groups (broad SMARTS) is 2. The molecule has 2 atom stereocenters. The fraction of sp³-hybridized carbons (Fsp3) is 0.318. The highest BCUT2D eigenvalue weighted by Gasteiger charge is 2.31. The maximum absolute atomic E-state index is 11.6. The number of benzene rings is 1. The fourth-order valence-corrected chi connectivity index (χ4v) is 3.57. The van der Waals surface area contributed by atoms with E-state index in [0.717, 1.165) is 35.4 Å². The zero-order valence-corrected chi connectivity index (χ0v) is 19.1. The number of hydrogen-bond acceptors (Lipinski definition) is 9. The van der Waals surface area contributed by atoms with Gasteiger partial charge in [-0.2, -0.15) is 0 Å². The van der Waals surface area contributed by atoms with E-state index in [1.54, 1.807) is 6.20 Å². The smallest absolute Gasteiger partial charge is 0.333 e. The maximum atomic E-state index is 11.6. The molecule has 0 spiro atoms. The lowest BCUT2D eigenvalue weighted by atomic mass is 10.1. The van der Waals surface area contributed by atoms with Crippen molar-refractivity contribution < 1.29 is 39.2 Å². The van der Waals surface area contributed by atoms with Gasteiger partial charge in [-0.3, -0.25) is 19.7 Å². The number of ether oxygens (including phenoxy) is 1. The second kappa shape index (κ2) is 13.2. The van der Waals surface area contributed by atoms with Crippen LogP contribution in [0.1, 0.15) is 12.0 Å². The Kier molecular flexibility index (Phi) is 10.3. The summed E-state index contributed by atoms with van der Waals surface area (Å²) in [5.41, 5.74) is 1.00. The van der Waals surface area contributed by atoms with Gasteiger partial charge >= 0.3 is 11.9 Å². The lowest BCUT2D eigenvalue weighted by Gasteiger charge is -2.18. The van der Waals surface area contributed by atoms with Gasteiger partial charge < -0.3 is 25.0 Å². The Morgan fingerprint density at radius 3 is 2.38 bits per heavy atom. The zero-order chi connectivity index (χ0) is 25.1. The van der Waals surface area contributed by atoms with Crippen LogP contribution in [-0.2, 0) is 20.8 Å². The van der Waals surface area contributed by atoms with Crippen LogP contribution in [0.3, 0.4) is 0 Å². The number of pyridine rings is 1. The van der Waals surface area contributed by atoms with Gasteiger partial charge in [0.05, 0.1) is 18.2 Å². The number of anilines is 1. The summed E-state index contributed by atoms with van der Waals surface area (Å²) in [6, 6.07) is 13.4. The van der Waals surface area contributed by atoms with Crippen molar-refractivity contribution in [1.82, 2.24) is 10.3 Å². The molecule has 1 fully saturated rings. The Morgan fingerprint density at radius 1 is 1.18 bits per heavy atom. The number of imide groups is 1. The molecule has 2 unspecified atom stereocenters. The largest absolute Gasteiger partial charge is 0.492 e. The molecule has 1 aliphatic heterocycles. The summed E-state index contributed by atoms with van der Waals surface area (Å²) in [7, 11) is 1.97. The molecule has 34 heavy (non-hydrogen) atoms. The Bertz CT molecular complexity index is 987. The molecule has 12 heteroatoms. The zero-order valence-electron chi connectivity index (χ0n) is 18.3. The highest BCUT2D eigenvalue weighted by molar-refractivity contribution is 8.15. The van der Waals surface area contributed by atoms with E-state index in [4.69, 9.17) is 20.1 Å². The highest BCUT2D eigenvalue weighted by Crippen LogP contribution is 2.23. The first-order valence-electron chi connectivity index (χ1n) is 10.1. The van der Waals surface area contributed by atoms with Gasteiger partial charge in [0.1, 0.15) is 18.2 Å². The number of carbonyl (C=O) groups is 4. The van der Waals surface area contributed by atoms with Crippen molar-refractivity contribution in [1.29, 1.82) is 0 Å². The average Bonchev–Trinajstić information content (AvgIpc) is 3.11. The van der Waals surface area contributed by atoms with E-state index in [1.165, 1.54) is 0 Å². The summed E-state index contributed by atoms with van der Waals surface area (Å²) in [5.74, 6) is -1.38. The third-order valence-corrected chi connectivity index (χ3v) is 5.48. The van der Waals surface area contributed by atoms with Crippen LogP contribution in [0, 0.1) is 0 Å². The third kappa shape index (κ3) is 9.08. The number of thioether (sulfide) groups is 1. The Labute approximate surface area is 199 Å². The molecule has 1 aromatic heterocycles. The summed E-state index contributed by atoms with van der Waals surface area (Å²) < 4.78 is 5.75. The van der Waals surface area contributed by atoms with E-state index in [9.17, 15) is 19.2 Å². The molecule has 182 valence electrons. The van der Waals surface area contributed by atoms with Crippen LogP contribution in [0.15, 0.2) is 48.7 Å². The van der Waals surface area contributed by atoms with Gasteiger partial charge in [-0.25, -0.2) is 9.78 Å². The SMILES string of the molecule is CN(CCOc1ccc(CC2SC(=O)NC2=O)cc1)c1ccccn1.O=C(O)CC(O)C(=O)O. The predicted octanol–water partition coefficient (Wildman–Crippen LogP) is 1.40. The van der Waals surface area contributed by atoms with Crippen molar-refractivity contribution in [2.24, 2.45) is 0 Å². The molecular weight excluding hydrogens is 466 g/mol. The molecule has 0 bridgehead atoms. The number of aliphatic carboxylic acids is 2. The second-order valence-corrected chi connectivity index (χ2v) is 8.32. The van der Waals surface area contributed by atoms with Crippen molar-refractivity contribution in [3.05, 3.63) is 54.2 Å². The summed E-state index contributed by atoms with van der Waals surface area (Å²) >= 11 is 1.05. The van der Waals surface area contributed by atoms with E-state index < -0.39 is 24.5 Å². The van der Waals surface area contributed by atoms with E-state index in [-0.39, 0.29) is 16.4 Å². The fourth-order valence-electron chi connectivity index (χ4n) is 2.71. The first-order chi connectivity index (χ1) is 16.2. The van der Waals surface area contributed by atoms with E-state index in [2.05, 4.69) is 10.3 Å². The lowest BCUT2D eigenvalue weighted by molar-refractivity contribution is -0.152. The molecule has 0 radical (unpaired) electrons. The molecule has 2 aromatic rings. The molecule has 0 aliphatic carbocycles. The molecule has 0 saturated carbocycles. The second-order valence-electron chi connectivity index (χ2n) is 7.14. The highest BCUT2D eigenvalue weighted by atomic mass is 32.2. The molecule has 11 nitrogen and oxygen atoms in total. The topological polar surface area (TPSA) is 166 Å². The number of nitrogens with zero attached hydrogens (tertiary/aromatic N) is 2. The Morgan fingerprint density at radius 2 is 1.88 bits per heavy atom. The van der Waals surface area contributed by atoms with Crippen LogP contribution in [-0.4, -0.2) is 74.9 Å². The van der Waals surface area contributed by atoms with Gasteiger partial charge in [0.25, 0.3) is 5.24 Å². The van der Waals surface area contributed by atoms with Crippen LogP contribution < -0.4 is 15.0 Å². The van der Waals surface area contributed by atoms with Gasteiger partial charge in [-0.15, -0.1) is 0 Å². The number of aromatic nitrogens is 1. The van der Waals surface area contributed by atoms with Crippen LogP contribution in [0.5, 0.6) is 5.75 Å². The van der Waals surface area contributed by atoms with Crippen LogP contribution in [0.4, 0.5) is 10.6 Å². The van der Waals surface area contributed by atoms with Crippen molar-refractivity contribution >= 4 is 40.7 Å². The predicted molar refractivity (Wildman–Crippen MR) is 124 cm³/mol. The van der Waals surface area contributed by atoms with Crippen molar-refractivity contribution in [3.63, 3.8) is 0 Å². The number of aliphatic hydroxyl groups is 1. The van der Waals surface area contributed by atoms with Gasteiger partial charge in [-0.05, 0) is 36.2 Å². The first kappa shape index (κ1) is 26.6. The first-order valence-corrected chi connectivity index (χ1v) is 11.0. The quantitative estimate of drug-likeness (QED) is 0.379. The number of aliphatic hydroxyl groups excluding tert-OH is 1. The third-order valence-electron chi connectivity index (χ3n) is 4.50. The van der Waals surface area contributed by atoms with E-state index in [0.29, 0.717) is 13.0 Å². The number of carbonyl (C=O) groups excluding carboxylic acids is 2. The number of carboxylic acids is 2. The molecule has 1 aromatic carbocycles. The Balaban J connectivity index is 0.000000387. The average molecular weight is 492 g/mol. The minimum Gasteiger partial charge on any atom is -0.492 e. The summed E-state index contributed by atoms with van der Waals surface area (Å²) in [5, 5.41) is 25.8. The van der Waals surface area contributed by atoms with Crippen molar-refractivity contribution in [3.8, 4) is 5.75 Å². The minimum atomic E-state index is -1.79. The molecule has 3 rings (SSSR count). The molecule has 2 heterocycles. The maximum Gasteiger partial charge on any atom is 0.333 e. The standard InChI is InChI=1S/C18H19N3O3S.C4H6O5/c1-21(16-4-2-3-9-19-16)10-11-24-14-7-5-13(6-8-14)12-15-17(22)20-18(23)25-15;5-2(4(8)9)1-3(6)7/h2-9,15H,10-12H2,1H3,(H,20,22,23);2,5H,1H2,(H,6,7)(H,8,9). The molecule has 2 amide bonds. The van der Waals surface area contributed by atoms with Gasteiger partial charge in [0.2, 0.25) is 5.91 Å². The molecule has 1 aliphatic rings. The van der Waals surface area contributed by atoms with Crippen LogP contribution in [0.2, 0.25) is 0 Å². The van der Waals surface area contributed by atoms with Crippen LogP contribution >= 0.6 is 11.8 Å². The minimum absolute atomic E-state index is 0.215.